The van der Waals surface area contributed by atoms with Crippen LogP contribution in [-0.4, -0.2) is 26.1 Å². The first-order valence-electron chi connectivity index (χ1n) is 5.00. The van der Waals surface area contributed by atoms with E-state index in [2.05, 4.69) is 4.84 Å². The van der Waals surface area contributed by atoms with Gasteiger partial charge in [0.15, 0.2) is 6.61 Å². The van der Waals surface area contributed by atoms with E-state index in [-0.39, 0.29) is 11.3 Å². The van der Waals surface area contributed by atoms with Crippen molar-refractivity contribution in [2.24, 2.45) is 0 Å². The van der Waals surface area contributed by atoms with E-state index >= 15 is 0 Å². The topological polar surface area (TPSA) is 98.5 Å². The summed E-state index contributed by atoms with van der Waals surface area (Å²) in [5, 5.41) is 10.4. The predicted molar refractivity (Wildman–Crippen MR) is 60.9 cm³/mol. The molecule has 0 radical (unpaired) electrons. The Bertz CT molecular complexity index is 570. The van der Waals surface area contributed by atoms with E-state index in [1.54, 1.807) is 0 Å². The molecule has 0 unspecified atom stereocenters. The van der Waals surface area contributed by atoms with Crippen molar-refractivity contribution in [3.63, 3.8) is 0 Å². The van der Waals surface area contributed by atoms with Crippen molar-refractivity contribution >= 4 is 15.7 Å². The highest BCUT2D eigenvalue weighted by Crippen LogP contribution is 2.15. The van der Waals surface area contributed by atoms with Crippen LogP contribution in [0, 0.1) is 10.1 Å². The fourth-order valence-corrected chi connectivity index (χ4v) is 2.09. The van der Waals surface area contributed by atoms with Gasteiger partial charge in [-0.25, -0.2) is 8.42 Å². The zero-order valence-corrected chi connectivity index (χ0v) is 10.6. The number of rotatable bonds is 6. The molecule has 1 rings (SSSR count). The van der Waals surface area contributed by atoms with Crippen molar-refractivity contribution in [3.8, 4) is 0 Å². The molecule has 11 heteroatoms. The number of benzene rings is 1. The van der Waals surface area contributed by atoms with Gasteiger partial charge in [0.1, 0.15) is 0 Å². The van der Waals surface area contributed by atoms with Crippen molar-refractivity contribution in [2.75, 3.05) is 6.61 Å². The van der Waals surface area contributed by atoms with Crippen LogP contribution >= 0.6 is 0 Å². The zero-order valence-electron chi connectivity index (χ0n) is 9.75. The molecule has 0 bridgehead atoms. The maximum absolute atomic E-state index is 11.8. The number of non-ortho nitro benzene ring substituents is 1. The Labute approximate surface area is 111 Å². The minimum atomic E-state index is -4.66. The van der Waals surface area contributed by atoms with Gasteiger partial charge in [-0.05, 0) is 5.56 Å². The molecule has 7 nitrogen and oxygen atoms in total. The summed E-state index contributed by atoms with van der Waals surface area (Å²) in [4.78, 5) is 14.9. The number of sulfonamides is 1. The number of nitro groups is 1. The minimum Gasteiger partial charge on any atom is -0.278 e. The summed E-state index contributed by atoms with van der Waals surface area (Å²) in [6.07, 6.45) is -4.66. The standard InChI is InChI=1S/C9H9F3N2O5S/c10-9(11,12)6-19-13-20(17,18)5-7-1-3-8(4-2-7)14(15)16/h1-4,13H,5-6H2. The monoisotopic (exact) mass is 314 g/mol. The van der Waals surface area contributed by atoms with Crippen LogP contribution in [0.5, 0.6) is 0 Å². The summed E-state index contributed by atoms with van der Waals surface area (Å²) in [6.45, 7) is -1.76. The van der Waals surface area contributed by atoms with E-state index in [4.69, 9.17) is 0 Å². The maximum Gasteiger partial charge on any atom is 0.413 e. The molecule has 0 aliphatic heterocycles. The largest absolute Gasteiger partial charge is 0.413 e. The fourth-order valence-electron chi connectivity index (χ4n) is 1.16. The Hall–Kier alpha value is -1.72. The number of nitrogens with one attached hydrogen (secondary N) is 1. The molecule has 0 aliphatic carbocycles. The Balaban J connectivity index is 2.60. The quantitative estimate of drug-likeness (QED) is 0.634. The Morgan fingerprint density at radius 2 is 1.80 bits per heavy atom. The van der Waals surface area contributed by atoms with E-state index < -0.39 is 33.5 Å². The molecule has 1 N–H and O–H groups in total. The molecule has 1 aromatic rings. The Kier molecular flexibility index (Phi) is 5.03. The minimum absolute atomic E-state index is 0.165. The Morgan fingerprint density at radius 3 is 2.25 bits per heavy atom. The average Bonchev–Trinajstić information content (AvgIpc) is 2.26. The third kappa shape index (κ3) is 5.95. The van der Waals surface area contributed by atoms with E-state index in [0.29, 0.717) is 0 Å². The van der Waals surface area contributed by atoms with Crippen LogP contribution in [-0.2, 0) is 20.6 Å². The summed E-state index contributed by atoms with van der Waals surface area (Å²) in [7, 11) is -4.13. The summed E-state index contributed by atoms with van der Waals surface area (Å²) < 4.78 is 58.0. The second-order valence-electron chi connectivity index (χ2n) is 3.67. The van der Waals surface area contributed by atoms with Gasteiger partial charge in [-0.3, -0.25) is 15.0 Å². The lowest BCUT2D eigenvalue weighted by molar-refractivity contribution is -0.384. The van der Waals surface area contributed by atoms with Crippen LogP contribution in [0.2, 0.25) is 0 Å². The van der Waals surface area contributed by atoms with Gasteiger partial charge in [0.25, 0.3) is 5.69 Å². The molecule has 20 heavy (non-hydrogen) atoms. The number of halogens is 3. The summed E-state index contributed by atoms with van der Waals surface area (Å²) >= 11 is 0. The molecule has 0 atom stereocenters. The van der Waals surface area contributed by atoms with Crippen LogP contribution in [0.4, 0.5) is 18.9 Å². The molecule has 0 saturated heterocycles. The second-order valence-corrected chi connectivity index (χ2v) is 5.35. The van der Waals surface area contributed by atoms with Crippen molar-refractivity contribution in [1.82, 2.24) is 4.89 Å². The van der Waals surface area contributed by atoms with Crippen LogP contribution in [0.1, 0.15) is 5.56 Å². The molecule has 0 fully saturated rings. The molecule has 112 valence electrons. The molecule has 0 aliphatic rings. The summed E-state index contributed by atoms with van der Waals surface area (Å²) in [5.74, 6) is -0.664. The first-order valence-corrected chi connectivity index (χ1v) is 6.66. The molecular weight excluding hydrogens is 305 g/mol. The van der Waals surface area contributed by atoms with Crippen LogP contribution in [0.15, 0.2) is 24.3 Å². The van der Waals surface area contributed by atoms with Gasteiger partial charge < -0.3 is 0 Å². The normalized spacial score (nSPS) is 12.3. The van der Waals surface area contributed by atoms with Gasteiger partial charge in [-0.1, -0.05) is 17.0 Å². The number of nitrogens with zero attached hydrogens (tertiary/aromatic N) is 1. The third-order valence-electron chi connectivity index (χ3n) is 1.93. The molecule has 0 saturated carbocycles. The lowest BCUT2D eigenvalue weighted by Crippen LogP contribution is -2.30. The van der Waals surface area contributed by atoms with Crippen molar-refractivity contribution in [3.05, 3.63) is 39.9 Å². The van der Waals surface area contributed by atoms with Gasteiger partial charge >= 0.3 is 6.18 Å². The number of alkyl halides is 3. The predicted octanol–water partition coefficient (Wildman–Crippen LogP) is 1.51. The van der Waals surface area contributed by atoms with Crippen LogP contribution in [0.25, 0.3) is 0 Å². The van der Waals surface area contributed by atoms with E-state index in [1.807, 2.05) is 0 Å². The molecule has 0 heterocycles. The fraction of sp³-hybridized carbons (Fsp3) is 0.333. The maximum atomic E-state index is 11.8. The average molecular weight is 314 g/mol. The molecule has 0 spiro atoms. The lowest BCUT2D eigenvalue weighted by Gasteiger charge is -2.09. The van der Waals surface area contributed by atoms with Crippen molar-refractivity contribution in [2.45, 2.75) is 11.9 Å². The summed E-state index contributed by atoms with van der Waals surface area (Å²) in [6, 6.07) is 4.53. The summed E-state index contributed by atoms with van der Waals surface area (Å²) in [5.41, 5.74) is -0.0638. The molecule has 0 aromatic heterocycles. The van der Waals surface area contributed by atoms with Crippen LogP contribution < -0.4 is 4.89 Å². The first-order chi connectivity index (χ1) is 9.09. The second kappa shape index (κ2) is 6.15. The lowest BCUT2D eigenvalue weighted by atomic mass is 10.2. The highest BCUT2D eigenvalue weighted by molar-refractivity contribution is 7.88. The van der Waals surface area contributed by atoms with Gasteiger partial charge in [-0.15, -0.1) is 0 Å². The number of hydrogen-bond donors (Lipinski definition) is 1. The molecule has 0 amide bonds. The molecule has 1 aromatic carbocycles. The highest BCUT2D eigenvalue weighted by Gasteiger charge is 2.28. The number of nitro benzene ring substituents is 1. The zero-order chi connectivity index (χ0) is 15.4. The van der Waals surface area contributed by atoms with Gasteiger partial charge in [0.2, 0.25) is 10.0 Å². The highest BCUT2D eigenvalue weighted by atomic mass is 32.2. The van der Waals surface area contributed by atoms with Gasteiger partial charge in [0.05, 0.1) is 10.7 Å². The van der Waals surface area contributed by atoms with E-state index in [9.17, 15) is 31.7 Å². The van der Waals surface area contributed by atoms with E-state index in [1.165, 1.54) is 17.0 Å². The molecular formula is C9H9F3N2O5S. The van der Waals surface area contributed by atoms with Crippen LogP contribution in [0.3, 0.4) is 0 Å². The Morgan fingerprint density at radius 1 is 1.25 bits per heavy atom. The van der Waals surface area contributed by atoms with Gasteiger partial charge in [-0.2, -0.15) is 13.2 Å². The van der Waals surface area contributed by atoms with Crippen molar-refractivity contribution in [1.29, 1.82) is 0 Å². The number of hydrogen-bond acceptors (Lipinski definition) is 5. The van der Waals surface area contributed by atoms with Gasteiger partial charge in [0, 0.05) is 12.1 Å². The van der Waals surface area contributed by atoms with E-state index in [0.717, 1.165) is 12.1 Å². The third-order valence-corrected chi connectivity index (χ3v) is 3.01. The SMILES string of the molecule is O=[N+]([O-])c1ccc(CS(=O)(=O)NOCC(F)(F)F)cc1. The first kappa shape index (κ1) is 16.3. The van der Waals surface area contributed by atoms with Crippen molar-refractivity contribution < 1.29 is 31.3 Å². The smallest absolute Gasteiger partial charge is 0.278 e.